The highest BCUT2D eigenvalue weighted by molar-refractivity contribution is 5.37. The summed E-state index contributed by atoms with van der Waals surface area (Å²) >= 11 is 0. The van der Waals surface area contributed by atoms with Crippen LogP contribution in [0.2, 0.25) is 0 Å². The minimum absolute atomic E-state index is 0.0301. The van der Waals surface area contributed by atoms with E-state index in [1.54, 1.807) is 0 Å². The molecule has 2 heteroatoms. The molecule has 0 radical (unpaired) electrons. The van der Waals surface area contributed by atoms with Crippen LogP contribution in [0, 0.1) is 0 Å². The van der Waals surface area contributed by atoms with Crippen LogP contribution >= 0.6 is 0 Å². The van der Waals surface area contributed by atoms with Gasteiger partial charge in [0.1, 0.15) is 0 Å². The van der Waals surface area contributed by atoms with E-state index in [1.165, 1.54) is 29.6 Å². The predicted octanol–water partition coefficient (Wildman–Crippen LogP) is 5.03. The minimum atomic E-state index is 0.0301. The largest absolute Gasteiger partial charge is 0.394 e. The lowest BCUT2D eigenvalue weighted by Crippen LogP contribution is -2.21. The Balaban J connectivity index is 2.81. The lowest BCUT2D eigenvalue weighted by Gasteiger charge is -2.15. The van der Waals surface area contributed by atoms with Crippen molar-refractivity contribution < 1.29 is 5.11 Å². The minimum Gasteiger partial charge on any atom is -0.394 e. The summed E-state index contributed by atoms with van der Waals surface area (Å²) in [5, 5.41) is 9.62. The van der Waals surface area contributed by atoms with E-state index in [1.807, 2.05) is 6.08 Å². The van der Waals surface area contributed by atoms with E-state index in [0.717, 1.165) is 38.6 Å². The summed E-state index contributed by atoms with van der Waals surface area (Å²) in [6.45, 7) is 13.8. The fraction of sp³-hybridized carbons (Fsp3) is 0.619. The van der Waals surface area contributed by atoms with Crippen molar-refractivity contribution in [2.24, 2.45) is 0 Å². The molecule has 0 aromatic rings. The molecule has 0 aromatic heterocycles. The van der Waals surface area contributed by atoms with Gasteiger partial charge in [-0.3, -0.25) is 4.90 Å². The Kier molecular flexibility index (Phi) is 8.57. The zero-order chi connectivity index (χ0) is 17.3. The molecule has 1 fully saturated rings. The molecule has 23 heavy (non-hydrogen) atoms. The molecule has 1 heterocycles. The van der Waals surface area contributed by atoms with Crippen LogP contribution in [0.15, 0.2) is 48.1 Å². The molecule has 0 bridgehead atoms. The number of unbranched alkanes of at least 4 members (excludes halogenated alkanes) is 1. The number of likely N-dealkylation sites (N-methyl/N-ethyl adjacent to an activating group) is 1. The zero-order valence-corrected chi connectivity index (χ0v) is 15.4. The van der Waals surface area contributed by atoms with E-state index in [9.17, 15) is 5.11 Å². The molecule has 2 nitrogen and oxygen atoms in total. The van der Waals surface area contributed by atoms with Crippen LogP contribution in [0.5, 0.6) is 0 Å². The van der Waals surface area contributed by atoms with E-state index in [-0.39, 0.29) is 12.1 Å². The topological polar surface area (TPSA) is 23.2 Å². The van der Waals surface area contributed by atoms with Gasteiger partial charge in [0.15, 0.2) is 0 Å². The van der Waals surface area contributed by atoms with Crippen molar-refractivity contribution in [1.82, 2.24) is 4.90 Å². The molecule has 1 aliphatic heterocycles. The van der Waals surface area contributed by atoms with Gasteiger partial charge in [0.05, 0.1) is 12.1 Å². The predicted molar refractivity (Wildman–Crippen MR) is 102 cm³/mol. The molecule has 1 saturated heterocycles. The number of allylic oxidation sites excluding steroid dienone is 6. The maximum atomic E-state index is 9.62. The molecule has 0 aliphatic carbocycles. The van der Waals surface area contributed by atoms with Crippen molar-refractivity contribution in [2.45, 2.75) is 64.3 Å². The van der Waals surface area contributed by atoms with Crippen LogP contribution in [-0.4, -0.2) is 35.7 Å². The Labute approximate surface area is 143 Å². The van der Waals surface area contributed by atoms with Crippen LogP contribution in [0.3, 0.4) is 0 Å². The molecule has 1 rings (SSSR count). The molecule has 0 spiro atoms. The first-order valence-electron chi connectivity index (χ1n) is 9.03. The van der Waals surface area contributed by atoms with Gasteiger partial charge in [-0.15, -0.1) is 6.58 Å². The highest BCUT2D eigenvalue weighted by Gasteiger charge is 2.47. The molecule has 0 aromatic carbocycles. The van der Waals surface area contributed by atoms with Crippen LogP contribution < -0.4 is 0 Å². The first-order chi connectivity index (χ1) is 11.0. The molecule has 0 saturated carbocycles. The van der Waals surface area contributed by atoms with E-state index < -0.39 is 0 Å². The first-order valence-corrected chi connectivity index (χ1v) is 9.03. The maximum absolute atomic E-state index is 9.62. The van der Waals surface area contributed by atoms with Crippen molar-refractivity contribution in [1.29, 1.82) is 0 Å². The van der Waals surface area contributed by atoms with Crippen molar-refractivity contribution in [3.05, 3.63) is 48.1 Å². The summed E-state index contributed by atoms with van der Waals surface area (Å²) in [5.41, 5.74) is 3.98. The Morgan fingerprint density at radius 3 is 2.48 bits per heavy atom. The quantitative estimate of drug-likeness (QED) is 0.310. The van der Waals surface area contributed by atoms with Gasteiger partial charge in [0, 0.05) is 6.54 Å². The standard InChI is InChI=1S/C21H35NO/c1-6-9-12-20(18(4)10-7-2)15-19(11-8-3)13-14-21(17-23)16-22(21)5/h7,11,15,23H,2,4,6,8-10,12-14,16-17H2,1,3,5H3/b19-11-,20-15-. The number of nitrogens with zero attached hydrogens (tertiary/aromatic N) is 1. The fourth-order valence-electron chi connectivity index (χ4n) is 3.05. The van der Waals surface area contributed by atoms with Gasteiger partial charge < -0.3 is 5.11 Å². The SMILES string of the molecule is C=CCC(=C)/C(=C\C(=C/CC)CCC1(CO)CN1C)CCCC. The maximum Gasteiger partial charge on any atom is 0.0628 e. The van der Waals surface area contributed by atoms with Crippen LogP contribution in [-0.2, 0) is 0 Å². The lowest BCUT2D eigenvalue weighted by molar-refractivity contribution is 0.216. The fourth-order valence-corrected chi connectivity index (χ4v) is 3.05. The highest BCUT2D eigenvalue weighted by atomic mass is 16.3. The third-order valence-electron chi connectivity index (χ3n) is 4.88. The van der Waals surface area contributed by atoms with Crippen LogP contribution in [0.1, 0.15) is 58.8 Å². The lowest BCUT2D eigenvalue weighted by atomic mass is 9.93. The highest BCUT2D eigenvalue weighted by Crippen LogP contribution is 2.36. The van der Waals surface area contributed by atoms with E-state index >= 15 is 0 Å². The molecule has 2 atom stereocenters. The summed E-state index contributed by atoms with van der Waals surface area (Å²) < 4.78 is 0. The summed E-state index contributed by atoms with van der Waals surface area (Å²) in [6.07, 6.45) is 14.0. The molecular formula is C21H35NO. The van der Waals surface area contributed by atoms with Crippen molar-refractivity contribution >= 4 is 0 Å². The zero-order valence-electron chi connectivity index (χ0n) is 15.4. The molecule has 0 amide bonds. The van der Waals surface area contributed by atoms with E-state index in [0.29, 0.717) is 0 Å². The van der Waals surface area contributed by atoms with Crippen molar-refractivity contribution in [2.75, 3.05) is 20.2 Å². The monoisotopic (exact) mass is 317 g/mol. The molecular weight excluding hydrogens is 282 g/mol. The van der Waals surface area contributed by atoms with E-state index in [4.69, 9.17) is 0 Å². The number of hydrogen-bond acceptors (Lipinski definition) is 2. The Morgan fingerprint density at radius 2 is 2.00 bits per heavy atom. The van der Waals surface area contributed by atoms with Gasteiger partial charge >= 0.3 is 0 Å². The smallest absolute Gasteiger partial charge is 0.0628 e. The average molecular weight is 318 g/mol. The Morgan fingerprint density at radius 1 is 1.30 bits per heavy atom. The normalized spacial score (nSPS) is 24.6. The third-order valence-corrected chi connectivity index (χ3v) is 4.88. The first kappa shape index (κ1) is 19.9. The second-order valence-corrected chi connectivity index (χ2v) is 6.80. The number of aliphatic hydroxyl groups excluding tert-OH is 1. The number of rotatable bonds is 12. The molecule has 2 unspecified atom stereocenters. The van der Waals surface area contributed by atoms with Gasteiger partial charge in [-0.05, 0) is 56.7 Å². The summed E-state index contributed by atoms with van der Waals surface area (Å²) in [6, 6.07) is 0. The number of hydrogen-bond donors (Lipinski definition) is 1. The number of aliphatic hydroxyl groups is 1. The van der Waals surface area contributed by atoms with E-state index in [2.05, 4.69) is 51.1 Å². The average Bonchev–Trinajstić information content (AvgIpc) is 3.19. The van der Waals surface area contributed by atoms with Gasteiger partial charge in [-0.1, -0.05) is 50.6 Å². The van der Waals surface area contributed by atoms with Gasteiger partial charge in [-0.25, -0.2) is 0 Å². The summed E-state index contributed by atoms with van der Waals surface area (Å²) in [4.78, 5) is 2.24. The van der Waals surface area contributed by atoms with Gasteiger partial charge in [0.2, 0.25) is 0 Å². The summed E-state index contributed by atoms with van der Waals surface area (Å²) in [7, 11) is 2.09. The van der Waals surface area contributed by atoms with Gasteiger partial charge in [0.25, 0.3) is 0 Å². The molecule has 130 valence electrons. The van der Waals surface area contributed by atoms with Crippen LogP contribution in [0.25, 0.3) is 0 Å². The van der Waals surface area contributed by atoms with Crippen LogP contribution in [0.4, 0.5) is 0 Å². The Hall–Kier alpha value is -1.12. The summed E-state index contributed by atoms with van der Waals surface area (Å²) in [5.74, 6) is 0. The molecule has 1 aliphatic rings. The van der Waals surface area contributed by atoms with Crippen molar-refractivity contribution in [3.63, 3.8) is 0 Å². The van der Waals surface area contributed by atoms with Crippen molar-refractivity contribution in [3.8, 4) is 0 Å². The Bertz CT molecular complexity index is 456. The second-order valence-electron chi connectivity index (χ2n) is 6.80. The molecule has 1 N–H and O–H groups in total. The third kappa shape index (κ3) is 6.12. The second kappa shape index (κ2) is 9.89. The van der Waals surface area contributed by atoms with Gasteiger partial charge in [-0.2, -0.15) is 0 Å².